The van der Waals surface area contributed by atoms with Crippen molar-refractivity contribution in [1.82, 2.24) is 0 Å². The van der Waals surface area contributed by atoms with Crippen LogP contribution in [0.2, 0.25) is 0 Å². The summed E-state index contributed by atoms with van der Waals surface area (Å²) in [5, 5.41) is 0. The maximum absolute atomic E-state index is 6.20. The molecule has 2 nitrogen and oxygen atoms in total. The average Bonchev–Trinajstić information content (AvgIpc) is 2.97. The normalized spacial score (nSPS) is 16.5. The summed E-state index contributed by atoms with van der Waals surface area (Å²) in [5.41, 5.74) is 10.1. The van der Waals surface area contributed by atoms with E-state index in [-0.39, 0.29) is 16.2 Å². The van der Waals surface area contributed by atoms with Crippen molar-refractivity contribution in [2.45, 2.75) is 90.1 Å². The average molecular weight is 441 g/mol. The van der Waals surface area contributed by atoms with E-state index < -0.39 is 0 Å². The number of hydrogen-bond acceptors (Lipinski definition) is 2. The summed E-state index contributed by atoms with van der Waals surface area (Å²) in [4.78, 5) is 0. The molecule has 0 fully saturated rings. The minimum atomic E-state index is -0.0571. The van der Waals surface area contributed by atoms with Crippen LogP contribution < -0.4 is 9.47 Å². The molecule has 0 saturated carbocycles. The standard InChI is InChI=1S/C30H41O2.Li/c1-18-13-19-15-24(30(8,9)10)27(32-12)25(21(19)14-18)20-16-22(28(2,3)4)26(31-11)23(17-20)29(5,6)7;/h13-17H,1-12H3;. The zero-order chi connectivity index (χ0) is 25.1. The Bertz CT molecular complexity index is 1070. The molecule has 0 aliphatic heterocycles. The van der Waals surface area contributed by atoms with Crippen molar-refractivity contribution in [1.29, 1.82) is 0 Å². The summed E-state index contributed by atoms with van der Waals surface area (Å²) in [7, 11) is 3.61. The van der Waals surface area contributed by atoms with Crippen LogP contribution >= 0.6 is 0 Å². The predicted octanol–water partition coefficient (Wildman–Crippen LogP) is 7.89. The molecule has 2 aromatic carbocycles. The Balaban J connectivity index is 2.54. The van der Waals surface area contributed by atoms with E-state index in [2.05, 4.69) is 111 Å². The Kier molecular flexibility index (Phi) is 6.73. The molecule has 0 amide bonds. The fourth-order valence-corrected chi connectivity index (χ4v) is 4.97. The monoisotopic (exact) mass is 440 g/mol. The first kappa shape index (κ1) is 26.0. The van der Waals surface area contributed by atoms with Gasteiger partial charge in [-0.1, -0.05) is 0 Å². The molecule has 3 rings (SSSR count). The van der Waals surface area contributed by atoms with Gasteiger partial charge in [-0.05, 0) is 0 Å². The van der Waals surface area contributed by atoms with Crippen molar-refractivity contribution in [2.24, 2.45) is 0 Å². The van der Waals surface area contributed by atoms with E-state index in [1.165, 1.54) is 44.5 Å². The second-order valence-electron chi connectivity index (χ2n) is 12.8. The molecule has 0 spiro atoms. The zero-order valence-corrected chi connectivity index (χ0v) is 23.2. The van der Waals surface area contributed by atoms with E-state index in [4.69, 9.17) is 9.47 Å². The molecule has 0 heterocycles. The van der Waals surface area contributed by atoms with Gasteiger partial charge in [-0.25, -0.2) is 0 Å². The van der Waals surface area contributed by atoms with Gasteiger partial charge in [0.25, 0.3) is 0 Å². The third kappa shape index (κ3) is 4.67. The Morgan fingerprint density at radius 1 is 0.697 bits per heavy atom. The van der Waals surface area contributed by atoms with Crippen LogP contribution in [0.1, 0.15) is 102 Å². The van der Waals surface area contributed by atoms with Gasteiger partial charge in [-0.2, -0.15) is 0 Å². The number of hydrogen-bond donors (Lipinski definition) is 0. The summed E-state index contributed by atoms with van der Waals surface area (Å²) in [5.74, 6) is 1.99. The molecule has 174 valence electrons. The van der Waals surface area contributed by atoms with Gasteiger partial charge in [0.05, 0.1) is 0 Å². The number of ether oxygens (including phenoxy) is 2. The molecule has 0 aromatic heterocycles. The third-order valence-corrected chi connectivity index (χ3v) is 7.08. The molecule has 0 bridgehead atoms. The van der Waals surface area contributed by atoms with Crippen molar-refractivity contribution in [3.05, 3.63) is 51.6 Å². The zero-order valence-electron chi connectivity index (χ0n) is 23.2. The Hall–Kier alpha value is -1.62. The van der Waals surface area contributed by atoms with Gasteiger partial charge in [-0.15, -0.1) is 0 Å². The molecule has 0 saturated heterocycles. The van der Waals surface area contributed by atoms with E-state index >= 15 is 0 Å². The van der Waals surface area contributed by atoms with Crippen LogP contribution in [-0.4, -0.2) is 31.9 Å². The van der Waals surface area contributed by atoms with Crippen LogP contribution in [-0.2, 0) is 16.2 Å². The van der Waals surface area contributed by atoms with Crippen molar-refractivity contribution in [2.75, 3.05) is 14.2 Å². The second-order valence-corrected chi connectivity index (χ2v) is 12.8. The topological polar surface area (TPSA) is 18.5 Å². The molecular weight excluding hydrogens is 399 g/mol. The van der Waals surface area contributed by atoms with Crippen molar-refractivity contribution in [3.63, 3.8) is 0 Å². The number of benzene rings is 2. The quantitative estimate of drug-likeness (QED) is 0.452. The van der Waals surface area contributed by atoms with Gasteiger partial charge in [0.2, 0.25) is 0 Å². The summed E-state index contributed by atoms with van der Waals surface area (Å²) >= 11 is 2.32. The summed E-state index contributed by atoms with van der Waals surface area (Å²) in [6, 6.07) is 7.06. The number of methoxy groups -OCH3 is 2. The first-order valence-electron chi connectivity index (χ1n) is 12.2. The molecule has 2 aromatic rings. The van der Waals surface area contributed by atoms with Gasteiger partial charge in [-0.3, -0.25) is 0 Å². The van der Waals surface area contributed by atoms with E-state index in [1.807, 2.05) is 7.11 Å². The fraction of sp³-hybridized carbons (Fsp3) is 0.533. The molecule has 1 aliphatic carbocycles. The summed E-state index contributed by atoms with van der Waals surface area (Å²) in [6.45, 7) is 22.7. The van der Waals surface area contributed by atoms with Gasteiger partial charge < -0.3 is 0 Å². The van der Waals surface area contributed by atoms with Crippen LogP contribution in [0.15, 0.2) is 23.8 Å². The first-order valence-corrected chi connectivity index (χ1v) is 12.2. The van der Waals surface area contributed by atoms with Crippen molar-refractivity contribution >= 4 is 23.8 Å². The van der Waals surface area contributed by atoms with Gasteiger partial charge in [0.1, 0.15) is 0 Å². The van der Waals surface area contributed by atoms with Gasteiger partial charge >= 0.3 is 212 Å². The van der Waals surface area contributed by atoms with Crippen LogP contribution in [0.5, 0.6) is 11.5 Å². The van der Waals surface area contributed by atoms with Crippen molar-refractivity contribution in [3.8, 4) is 22.6 Å². The molecule has 0 radical (unpaired) electrons. The Morgan fingerprint density at radius 2 is 1.12 bits per heavy atom. The SMILES string of the molecule is [Li][CH]1C(C)=Cc2c1cc(C(C)(C)C)c(OC)c2-c1cc(C(C)(C)C)c(OC)c(C(C)(C)C)c1. The molecule has 33 heavy (non-hydrogen) atoms. The van der Waals surface area contributed by atoms with E-state index in [1.54, 1.807) is 7.11 Å². The Labute approximate surface area is 211 Å². The van der Waals surface area contributed by atoms with Crippen LogP contribution in [0.3, 0.4) is 0 Å². The maximum atomic E-state index is 6.20. The number of allylic oxidation sites excluding steroid dienone is 1. The van der Waals surface area contributed by atoms with E-state index in [0.717, 1.165) is 11.5 Å². The first-order chi connectivity index (χ1) is 15.0. The number of fused-ring (bicyclic) bond motifs is 1. The summed E-state index contributed by atoms with van der Waals surface area (Å²) in [6.07, 6.45) is 2.36. The van der Waals surface area contributed by atoms with Crippen LogP contribution in [0, 0.1) is 0 Å². The predicted molar refractivity (Wildman–Crippen MR) is 143 cm³/mol. The van der Waals surface area contributed by atoms with Crippen LogP contribution in [0.4, 0.5) is 0 Å². The van der Waals surface area contributed by atoms with Crippen molar-refractivity contribution < 1.29 is 9.47 Å². The fourth-order valence-electron chi connectivity index (χ4n) is 4.97. The molecule has 1 atom stereocenters. The Morgan fingerprint density at radius 3 is 1.52 bits per heavy atom. The molecule has 3 heteroatoms. The summed E-state index contributed by atoms with van der Waals surface area (Å²) < 4.78 is 12.6. The van der Waals surface area contributed by atoms with Gasteiger partial charge in [0, 0.05) is 0 Å². The number of rotatable bonds is 3. The third-order valence-electron chi connectivity index (χ3n) is 7.08. The van der Waals surface area contributed by atoms with E-state index in [9.17, 15) is 0 Å². The van der Waals surface area contributed by atoms with Crippen LogP contribution in [0.25, 0.3) is 17.2 Å². The molecule has 1 aliphatic rings. The molecule has 1 unspecified atom stereocenters. The molecule has 0 N–H and O–H groups in total. The second kappa shape index (κ2) is 8.55. The minimum absolute atomic E-state index is 0.0302. The van der Waals surface area contributed by atoms with Gasteiger partial charge in [0.15, 0.2) is 0 Å². The molecular formula is C30H41LiO2. The van der Waals surface area contributed by atoms with E-state index in [0.29, 0.717) is 4.59 Å².